The van der Waals surface area contributed by atoms with Crippen LogP contribution in [0.3, 0.4) is 0 Å². The van der Waals surface area contributed by atoms with Crippen LogP contribution >= 0.6 is 0 Å². The Kier molecular flexibility index (Phi) is 4.69. The summed E-state index contributed by atoms with van der Waals surface area (Å²) in [6.45, 7) is 4.47. The molecule has 4 rings (SSSR count). The van der Waals surface area contributed by atoms with E-state index < -0.39 is 0 Å². The fourth-order valence-corrected chi connectivity index (χ4v) is 4.79. The average Bonchev–Trinajstić information content (AvgIpc) is 3.11. The molecule has 1 aromatic heterocycles. The molecule has 1 unspecified atom stereocenters. The molecule has 3 aliphatic heterocycles. The van der Waals surface area contributed by atoms with Gasteiger partial charge < -0.3 is 14.7 Å². The second kappa shape index (κ2) is 6.99. The Labute approximate surface area is 155 Å². The number of nitrogens with zero attached hydrogens (tertiary/aromatic N) is 4. The molecule has 1 atom stereocenters. The third kappa shape index (κ3) is 3.34. The van der Waals surface area contributed by atoms with E-state index in [1.165, 1.54) is 0 Å². The van der Waals surface area contributed by atoms with Gasteiger partial charge in [0.2, 0.25) is 5.91 Å². The van der Waals surface area contributed by atoms with Crippen molar-refractivity contribution in [2.75, 3.05) is 39.8 Å². The van der Waals surface area contributed by atoms with Gasteiger partial charge in [0.1, 0.15) is 5.69 Å². The van der Waals surface area contributed by atoms with Crippen LogP contribution in [0.4, 0.5) is 0 Å². The molecule has 6 heteroatoms. The number of aromatic nitrogens is 1. The summed E-state index contributed by atoms with van der Waals surface area (Å²) >= 11 is 0. The second-order valence-corrected chi connectivity index (χ2v) is 8.23. The first-order chi connectivity index (χ1) is 12.6. The van der Waals surface area contributed by atoms with Gasteiger partial charge in [0, 0.05) is 44.8 Å². The van der Waals surface area contributed by atoms with Crippen LogP contribution in [0, 0.1) is 5.41 Å². The van der Waals surface area contributed by atoms with Crippen LogP contribution in [0.2, 0.25) is 0 Å². The number of likely N-dealkylation sites (N-methyl/N-ethyl adjacent to an activating group) is 1. The Morgan fingerprint density at radius 1 is 1.19 bits per heavy atom. The maximum absolute atomic E-state index is 12.6. The van der Waals surface area contributed by atoms with Gasteiger partial charge in [-0.05, 0) is 56.8 Å². The molecule has 0 aromatic carbocycles. The Morgan fingerprint density at radius 3 is 2.65 bits per heavy atom. The number of carbonyl (C=O) groups excluding carboxylic acids is 2. The van der Waals surface area contributed by atoms with E-state index >= 15 is 0 Å². The summed E-state index contributed by atoms with van der Waals surface area (Å²) in [5, 5.41) is 0. The lowest BCUT2D eigenvalue weighted by Gasteiger charge is -2.48. The molecule has 140 valence electrons. The summed E-state index contributed by atoms with van der Waals surface area (Å²) in [4.78, 5) is 35.7. The van der Waals surface area contributed by atoms with Crippen LogP contribution < -0.4 is 0 Å². The monoisotopic (exact) mass is 356 g/mol. The number of carbonyl (C=O) groups is 2. The highest BCUT2D eigenvalue weighted by molar-refractivity contribution is 5.92. The Morgan fingerprint density at radius 2 is 2.00 bits per heavy atom. The molecular formula is C20H28N4O2. The van der Waals surface area contributed by atoms with Gasteiger partial charge in [-0.15, -0.1) is 0 Å². The predicted molar refractivity (Wildman–Crippen MR) is 98.7 cm³/mol. The number of rotatable bonds is 2. The lowest BCUT2D eigenvalue weighted by atomic mass is 9.72. The minimum absolute atomic E-state index is 0.0293. The highest BCUT2D eigenvalue weighted by atomic mass is 16.2. The zero-order valence-electron chi connectivity index (χ0n) is 15.6. The maximum Gasteiger partial charge on any atom is 0.272 e. The van der Waals surface area contributed by atoms with Crippen molar-refractivity contribution >= 4 is 11.8 Å². The number of amides is 2. The smallest absolute Gasteiger partial charge is 0.272 e. The second-order valence-electron chi connectivity index (χ2n) is 8.23. The minimum atomic E-state index is 0.0293. The number of piperidine rings is 2. The number of hydrogen-bond acceptors (Lipinski definition) is 4. The quantitative estimate of drug-likeness (QED) is 0.808. The highest BCUT2D eigenvalue weighted by Crippen LogP contribution is 2.41. The summed E-state index contributed by atoms with van der Waals surface area (Å²) in [6, 6.07) is 5.84. The lowest BCUT2D eigenvalue weighted by molar-refractivity contribution is -0.141. The summed E-state index contributed by atoms with van der Waals surface area (Å²) in [5.41, 5.74) is 0.716. The summed E-state index contributed by atoms with van der Waals surface area (Å²) in [7, 11) is 2.13. The van der Waals surface area contributed by atoms with Crippen molar-refractivity contribution in [2.24, 2.45) is 5.41 Å². The van der Waals surface area contributed by atoms with E-state index in [4.69, 9.17) is 0 Å². The van der Waals surface area contributed by atoms with E-state index in [0.29, 0.717) is 24.1 Å². The van der Waals surface area contributed by atoms with Crippen molar-refractivity contribution in [1.82, 2.24) is 19.7 Å². The van der Waals surface area contributed by atoms with Crippen LogP contribution in [-0.2, 0) is 4.79 Å². The van der Waals surface area contributed by atoms with Gasteiger partial charge in [0.15, 0.2) is 0 Å². The summed E-state index contributed by atoms with van der Waals surface area (Å²) in [6.07, 6.45) is 6.35. The summed E-state index contributed by atoms with van der Waals surface area (Å²) < 4.78 is 0. The molecule has 0 N–H and O–H groups in total. The standard InChI is InChI=1S/C20H28N4O2/c1-22-11-6-16(14-22)24-15-20(7-5-18(24)25)8-12-23(13-9-20)19(26)17-4-2-3-10-21-17/h2-4,10,16H,5-9,11-15H2,1H3. The molecule has 3 aliphatic rings. The normalized spacial score (nSPS) is 26.5. The van der Waals surface area contributed by atoms with E-state index in [1.807, 2.05) is 17.0 Å². The van der Waals surface area contributed by atoms with E-state index in [-0.39, 0.29) is 11.3 Å². The molecule has 4 heterocycles. The fourth-order valence-electron chi connectivity index (χ4n) is 4.79. The fraction of sp³-hybridized carbons (Fsp3) is 0.650. The van der Waals surface area contributed by atoms with Gasteiger partial charge >= 0.3 is 0 Å². The lowest BCUT2D eigenvalue weighted by Crippen LogP contribution is -2.55. The highest BCUT2D eigenvalue weighted by Gasteiger charge is 2.44. The molecule has 0 bridgehead atoms. The molecule has 1 aromatic rings. The third-order valence-corrected chi connectivity index (χ3v) is 6.50. The average molecular weight is 356 g/mol. The number of hydrogen-bond donors (Lipinski definition) is 0. The van der Waals surface area contributed by atoms with Crippen LogP contribution in [0.15, 0.2) is 24.4 Å². The molecular weight excluding hydrogens is 328 g/mol. The Bertz CT molecular complexity index is 670. The van der Waals surface area contributed by atoms with Crippen molar-refractivity contribution in [3.05, 3.63) is 30.1 Å². The molecule has 1 spiro atoms. The van der Waals surface area contributed by atoms with E-state index in [0.717, 1.165) is 58.4 Å². The molecule has 0 saturated carbocycles. The van der Waals surface area contributed by atoms with Crippen LogP contribution in [0.5, 0.6) is 0 Å². The maximum atomic E-state index is 12.6. The van der Waals surface area contributed by atoms with Crippen LogP contribution in [0.25, 0.3) is 0 Å². The van der Waals surface area contributed by atoms with E-state index in [2.05, 4.69) is 21.8 Å². The zero-order chi connectivity index (χ0) is 18.1. The van der Waals surface area contributed by atoms with Crippen molar-refractivity contribution in [2.45, 2.75) is 38.1 Å². The molecule has 3 saturated heterocycles. The van der Waals surface area contributed by atoms with Gasteiger partial charge in [0.05, 0.1) is 0 Å². The van der Waals surface area contributed by atoms with Crippen LogP contribution in [-0.4, -0.2) is 77.3 Å². The molecule has 26 heavy (non-hydrogen) atoms. The van der Waals surface area contributed by atoms with Crippen molar-refractivity contribution in [3.8, 4) is 0 Å². The molecule has 0 aliphatic carbocycles. The van der Waals surface area contributed by atoms with Gasteiger partial charge in [-0.25, -0.2) is 0 Å². The van der Waals surface area contributed by atoms with Gasteiger partial charge in [0.25, 0.3) is 5.91 Å². The van der Waals surface area contributed by atoms with Crippen LogP contribution in [0.1, 0.15) is 42.6 Å². The Hall–Kier alpha value is -1.95. The first kappa shape index (κ1) is 17.5. The summed E-state index contributed by atoms with van der Waals surface area (Å²) in [5.74, 6) is 0.351. The SMILES string of the molecule is CN1CCC(N2CC3(CCC2=O)CCN(C(=O)c2ccccn2)CC3)C1. The van der Waals surface area contributed by atoms with Gasteiger partial charge in [-0.1, -0.05) is 6.07 Å². The topological polar surface area (TPSA) is 56.8 Å². The number of likely N-dealkylation sites (tertiary alicyclic amines) is 3. The van der Waals surface area contributed by atoms with E-state index in [9.17, 15) is 9.59 Å². The largest absolute Gasteiger partial charge is 0.338 e. The third-order valence-electron chi connectivity index (χ3n) is 6.50. The molecule has 0 radical (unpaired) electrons. The number of pyridine rings is 1. The van der Waals surface area contributed by atoms with Gasteiger partial charge in [-0.3, -0.25) is 14.6 Å². The molecule has 6 nitrogen and oxygen atoms in total. The van der Waals surface area contributed by atoms with E-state index in [1.54, 1.807) is 12.3 Å². The minimum Gasteiger partial charge on any atom is -0.338 e. The molecule has 3 fully saturated rings. The zero-order valence-corrected chi connectivity index (χ0v) is 15.6. The van der Waals surface area contributed by atoms with Gasteiger partial charge in [-0.2, -0.15) is 0 Å². The predicted octanol–water partition coefficient (Wildman–Crippen LogP) is 1.63. The Balaban J connectivity index is 1.40. The van der Waals surface area contributed by atoms with Crippen molar-refractivity contribution < 1.29 is 9.59 Å². The first-order valence-corrected chi connectivity index (χ1v) is 9.75. The van der Waals surface area contributed by atoms with Crippen molar-refractivity contribution in [1.29, 1.82) is 0 Å². The first-order valence-electron chi connectivity index (χ1n) is 9.75. The van der Waals surface area contributed by atoms with Crippen molar-refractivity contribution in [3.63, 3.8) is 0 Å². The molecule has 2 amide bonds.